The van der Waals surface area contributed by atoms with E-state index in [9.17, 15) is 0 Å². The Balaban J connectivity index is 2.21. The number of nitrogens with one attached hydrogen (secondary N) is 1. The highest BCUT2D eigenvalue weighted by molar-refractivity contribution is 8.01. The molecule has 0 radical (unpaired) electrons. The molecule has 1 aromatic heterocycles. The van der Waals surface area contributed by atoms with Gasteiger partial charge in [0.05, 0.1) is 0 Å². The van der Waals surface area contributed by atoms with E-state index in [0.29, 0.717) is 0 Å². The minimum atomic E-state index is 0.762. The van der Waals surface area contributed by atoms with Crippen molar-refractivity contribution in [1.29, 1.82) is 0 Å². The van der Waals surface area contributed by atoms with E-state index < -0.39 is 0 Å². The molecule has 0 spiro atoms. The lowest BCUT2D eigenvalue weighted by Gasteiger charge is -2.10. The fourth-order valence-corrected chi connectivity index (χ4v) is 3.76. The average Bonchev–Trinajstić information content (AvgIpc) is 2.87. The highest BCUT2D eigenvalue weighted by Crippen LogP contribution is 2.36. The second kappa shape index (κ2) is 7.26. The third kappa shape index (κ3) is 3.85. The first-order valence-corrected chi connectivity index (χ1v) is 8.29. The molecule has 0 aliphatic rings. The van der Waals surface area contributed by atoms with Gasteiger partial charge in [-0.2, -0.15) is 0 Å². The van der Waals surface area contributed by atoms with Crippen molar-refractivity contribution in [1.82, 2.24) is 15.5 Å². The van der Waals surface area contributed by atoms with Crippen LogP contribution in [-0.2, 0) is 6.54 Å². The monoisotopic (exact) mass is 328 g/mol. The lowest BCUT2D eigenvalue weighted by Crippen LogP contribution is -2.12. The van der Waals surface area contributed by atoms with Gasteiger partial charge in [-0.25, -0.2) is 0 Å². The topological polar surface area (TPSA) is 41.1 Å². The van der Waals surface area contributed by atoms with Crippen LogP contribution in [0.4, 0.5) is 5.13 Å². The van der Waals surface area contributed by atoms with Gasteiger partial charge >= 0.3 is 0 Å². The van der Waals surface area contributed by atoms with Crippen molar-refractivity contribution in [2.45, 2.75) is 22.7 Å². The maximum Gasteiger partial charge on any atom is 0.208 e. The van der Waals surface area contributed by atoms with E-state index >= 15 is 0 Å². The molecule has 7 heteroatoms. The third-order valence-corrected chi connectivity index (χ3v) is 5.20. The maximum atomic E-state index is 6.29. The molecule has 0 aliphatic carbocycles. The normalized spacial score (nSPS) is 10.8. The summed E-state index contributed by atoms with van der Waals surface area (Å²) in [5.41, 5.74) is 1.11. The first-order valence-electron chi connectivity index (χ1n) is 6.28. The lowest BCUT2D eigenvalue weighted by molar-refractivity contribution is 0.718. The van der Waals surface area contributed by atoms with Crippen LogP contribution in [0.1, 0.15) is 12.5 Å². The smallest absolute Gasteiger partial charge is 0.208 e. The largest absolute Gasteiger partial charge is 0.353 e. The number of benzene rings is 1. The highest BCUT2D eigenvalue weighted by Gasteiger charge is 2.12. The number of anilines is 1. The van der Waals surface area contributed by atoms with Crippen molar-refractivity contribution < 1.29 is 0 Å². The fraction of sp³-hybridized carbons (Fsp3) is 0.385. The van der Waals surface area contributed by atoms with E-state index in [1.165, 1.54) is 0 Å². The van der Waals surface area contributed by atoms with Gasteiger partial charge in [-0.1, -0.05) is 47.7 Å². The molecule has 0 unspecified atom stereocenters. The molecule has 0 bridgehead atoms. The Labute approximate surface area is 132 Å². The van der Waals surface area contributed by atoms with Crippen molar-refractivity contribution >= 4 is 39.8 Å². The predicted molar refractivity (Wildman–Crippen MR) is 87.2 cm³/mol. The van der Waals surface area contributed by atoms with Crippen LogP contribution in [0.25, 0.3) is 0 Å². The van der Waals surface area contributed by atoms with Crippen molar-refractivity contribution in [3.63, 3.8) is 0 Å². The summed E-state index contributed by atoms with van der Waals surface area (Å²) in [6.45, 7) is 3.76. The third-order valence-electron chi connectivity index (χ3n) is 2.60. The Kier molecular flexibility index (Phi) is 5.65. The summed E-state index contributed by atoms with van der Waals surface area (Å²) in [6.07, 6.45) is 0. The fourth-order valence-electron chi connectivity index (χ4n) is 1.57. The van der Waals surface area contributed by atoms with E-state index in [0.717, 1.165) is 38.0 Å². The van der Waals surface area contributed by atoms with E-state index in [-0.39, 0.29) is 0 Å². The molecule has 0 fully saturated rings. The standard InChI is InChI=1S/C13H17ClN4S2/c1-4-15-8-9-10(14)6-5-7-11(9)19-13-17-16-12(20-13)18(2)3/h5-7,15H,4,8H2,1-3H3. The Morgan fingerprint density at radius 2 is 2.15 bits per heavy atom. The molecule has 4 nitrogen and oxygen atoms in total. The molecule has 0 saturated heterocycles. The molecule has 20 heavy (non-hydrogen) atoms. The molecule has 2 aromatic rings. The van der Waals surface area contributed by atoms with Crippen LogP contribution in [-0.4, -0.2) is 30.8 Å². The molecule has 1 heterocycles. The summed E-state index contributed by atoms with van der Waals surface area (Å²) in [5, 5.41) is 13.4. The van der Waals surface area contributed by atoms with Crippen molar-refractivity contribution in [3.05, 3.63) is 28.8 Å². The second-order valence-electron chi connectivity index (χ2n) is 4.34. The number of nitrogens with zero attached hydrogens (tertiary/aromatic N) is 3. The van der Waals surface area contributed by atoms with Gasteiger partial charge in [-0.3, -0.25) is 0 Å². The van der Waals surface area contributed by atoms with E-state index in [1.807, 2.05) is 31.1 Å². The van der Waals surface area contributed by atoms with Crippen molar-refractivity contribution in [2.24, 2.45) is 0 Å². The summed E-state index contributed by atoms with van der Waals surface area (Å²) in [5.74, 6) is 0. The summed E-state index contributed by atoms with van der Waals surface area (Å²) in [6, 6.07) is 5.96. The summed E-state index contributed by atoms with van der Waals surface area (Å²) in [7, 11) is 3.93. The molecule has 2 rings (SSSR count). The van der Waals surface area contributed by atoms with Crippen LogP contribution in [0, 0.1) is 0 Å². The number of aromatic nitrogens is 2. The van der Waals surface area contributed by atoms with Gasteiger partial charge in [0.1, 0.15) is 0 Å². The molecule has 108 valence electrons. The zero-order valence-electron chi connectivity index (χ0n) is 11.7. The number of hydrogen-bond donors (Lipinski definition) is 1. The Morgan fingerprint density at radius 1 is 1.35 bits per heavy atom. The van der Waals surface area contributed by atoms with Crippen LogP contribution in [0.2, 0.25) is 5.02 Å². The minimum absolute atomic E-state index is 0.762. The number of halogens is 1. The quantitative estimate of drug-likeness (QED) is 0.878. The van der Waals surface area contributed by atoms with Gasteiger partial charge in [-0.15, -0.1) is 10.2 Å². The molecule has 0 aliphatic heterocycles. The van der Waals surface area contributed by atoms with E-state index in [1.54, 1.807) is 23.1 Å². The number of hydrogen-bond acceptors (Lipinski definition) is 6. The highest BCUT2D eigenvalue weighted by atomic mass is 35.5. The SMILES string of the molecule is CCNCc1c(Cl)cccc1Sc1nnc(N(C)C)s1. The molecular formula is C13H17ClN4S2. The zero-order valence-corrected chi connectivity index (χ0v) is 14.1. The average molecular weight is 329 g/mol. The summed E-state index contributed by atoms with van der Waals surface area (Å²) < 4.78 is 0.925. The molecular weight excluding hydrogens is 312 g/mol. The van der Waals surface area contributed by atoms with Gasteiger partial charge in [0, 0.05) is 30.6 Å². The maximum absolute atomic E-state index is 6.29. The van der Waals surface area contributed by atoms with Crippen LogP contribution in [0.5, 0.6) is 0 Å². The first-order chi connectivity index (χ1) is 9.61. The predicted octanol–water partition coefficient (Wildman–Crippen LogP) is 3.52. The summed E-state index contributed by atoms with van der Waals surface area (Å²) in [4.78, 5) is 3.08. The molecule has 0 atom stereocenters. The molecule has 0 amide bonds. The molecule has 1 aromatic carbocycles. The minimum Gasteiger partial charge on any atom is -0.353 e. The van der Waals surface area contributed by atoms with Gasteiger partial charge in [0.15, 0.2) is 4.34 Å². The van der Waals surface area contributed by atoms with Gasteiger partial charge in [0.2, 0.25) is 5.13 Å². The molecule has 0 saturated carbocycles. The Morgan fingerprint density at radius 3 is 2.80 bits per heavy atom. The van der Waals surface area contributed by atoms with Gasteiger partial charge in [0.25, 0.3) is 0 Å². The lowest BCUT2D eigenvalue weighted by atomic mass is 10.2. The van der Waals surface area contributed by atoms with Crippen molar-refractivity contribution in [3.8, 4) is 0 Å². The Hall–Kier alpha value is -0.820. The van der Waals surface area contributed by atoms with Crippen LogP contribution >= 0.6 is 34.7 Å². The summed E-state index contributed by atoms with van der Waals surface area (Å²) >= 11 is 9.48. The van der Waals surface area contributed by atoms with Crippen LogP contribution in [0.15, 0.2) is 27.4 Å². The zero-order chi connectivity index (χ0) is 14.5. The van der Waals surface area contributed by atoms with E-state index in [4.69, 9.17) is 11.6 Å². The Bertz CT molecular complexity index is 571. The van der Waals surface area contributed by atoms with Crippen molar-refractivity contribution in [2.75, 3.05) is 25.5 Å². The van der Waals surface area contributed by atoms with Crippen LogP contribution in [0.3, 0.4) is 0 Å². The van der Waals surface area contributed by atoms with Crippen LogP contribution < -0.4 is 10.2 Å². The van der Waals surface area contributed by atoms with Gasteiger partial charge in [-0.05, 0) is 24.2 Å². The van der Waals surface area contributed by atoms with Gasteiger partial charge < -0.3 is 10.2 Å². The van der Waals surface area contributed by atoms with E-state index in [2.05, 4.69) is 28.5 Å². The molecule has 1 N–H and O–H groups in total. The first kappa shape index (κ1) is 15.6. The second-order valence-corrected chi connectivity index (χ2v) is 7.00. The number of rotatable bonds is 6.